The Labute approximate surface area is 118 Å². The molecule has 0 aliphatic carbocycles. The lowest BCUT2D eigenvalue weighted by molar-refractivity contribution is 0.155. The molecule has 1 aliphatic rings. The molecule has 2 aromatic heterocycles. The molecule has 4 nitrogen and oxygen atoms in total. The third kappa shape index (κ3) is 3.08. The Morgan fingerprint density at radius 1 is 1.26 bits per heavy atom. The van der Waals surface area contributed by atoms with Crippen LogP contribution in [0.5, 0.6) is 0 Å². The summed E-state index contributed by atoms with van der Waals surface area (Å²) < 4.78 is 2.03. The Morgan fingerprint density at radius 3 is 2.84 bits per heavy atom. The Kier molecular flexibility index (Phi) is 3.73. The van der Waals surface area contributed by atoms with Crippen molar-refractivity contribution in [3.8, 4) is 0 Å². The minimum absolute atomic E-state index is 0.740. The first-order valence-electron chi connectivity index (χ1n) is 6.75. The summed E-state index contributed by atoms with van der Waals surface area (Å²) in [5, 5.41) is 0.740. The number of piperazine rings is 1. The quantitative estimate of drug-likeness (QED) is 0.855. The highest BCUT2D eigenvalue weighted by Gasteiger charge is 2.13. The van der Waals surface area contributed by atoms with E-state index in [2.05, 4.69) is 28.0 Å². The van der Waals surface area contributed by atoms with E-state index in [4.69, 9.17) is 11.6 Å². The molecule has 0 amide bonds. The fourth-order valence-electron chi connectivity index (χ4n) is 2.47. The molecule has 0 atom stereocenters. The van der Waals surface area contributed by atoms with Crippen molar-refractivity contribution < 1.29 is 0 Å². The zero-order valence-electron chi connectivity index (χ0n) is 11.2. The van der Waals surface area contributed by atoms with E-state index in [0.29, 0.717) is 0 Å². The number of hydrogen-bond donors (Lipinski definition) is 0. The molecule has 0 saturated carbocycles. The lowest BCUT2D eigenvalue weighted by Crippen LogP contribution is -2.45. The number of rotatable bonds is 3. The van der Waals surface area contributed by atoms with Crippen LogP contribution in [0, 0.1) is 0 Å². The van der Waals surface area contributed by atoms with Crippen molar-refractivity contribution in [3.05, 3.63) is 35.2 Å². The highest BCUT2D eigenvalue weighted by atomic mass is 35.5. The normalized spacial score (nSPS) is 18.2. The predicted molar refractivity (Wildman–Crippen MR) is 77.8 cm³/mol. The third-order valence-corrected chi connectivity index (χ3v) is 3.99. The van der Waals surface area contributed by atoms with Gasteiger partial charge in [0.25, 0.3) is 0 Å². The molecular formula is C14H19ClN4. The zero-order valence-corrected chi connectivity index (χ0v) is 12.0. The van der Waals surface area contributed by atoms with Crippen molar-refractivity contribution in [1.29, 1.82) is 0 Å². The molecule has 0 unspecified atom stereocenters. The lowest BCUT2D eigenvalue weighted by Gasteiger charge is -2.32. The van der Waals surface area contributed by atoms with E-state index in [-0.39, 0.29) is 0 Å². The molecule has 0 aromatic carbocycles. The first-order valence-corrected chi connectivity index (χ1v) is 7.12. The van der Waals surface area contributed by atoms with Gasteiger partial charge in [-0.2, -0.15) is 0 Å². The summed E-state index contributed by atoms with van der Waals surface area (Å²) in [4.78, 5) is 9.50. The number of fused-ring (bicyclic) bond motifs is 1. The van der Waals surface area contributed by atoms with Crippen LogP contribution in [0.25, 0.3) is 5.65 Å². The van der Waals surface area contributed by atoms with E-state index in [1.807, 2.05) is 22.7 Å². The number of pyridine rings is 1. The van der Waals surface area contributed by atoms with E-state index in [1.165, 1.54) is 13.1 Å². The van der Waals surface area contributed by atoms with Gasteiger partial charge < -0.3 is 14.2 Å². The van der Waals surface area contributed by atoms with Crippen LogP contribution in [-0.2, 0) is 6.42 Å². The smallest absolute Gasteiger partial charge is 0.138 e. The Bertz CT molecular complexity index is 558. The molecule has 1 fully saturated rings. The van der Waals surface area contributed by atoms with Gasteiger partial charge in [-0.05, 0) is 19.2 Å². The average Bonchev–Trinajstić information content (AvgIpc) is 2.80. The second-order valence-electron chi connectivity index (χ2n) is 5.24. The maximum atomic E-state index is 5.97. The average molecular weight is 279 g/mol. The zero-order chi connectivity index (χ0) is 13.2. The fraction of sp³-hybridized carbons (Fsp3) is 0.500. The molecule has 0 N–H and O–H groups in total. The number of aromatic nitrogens is 2. The van der Waals surface area contributed by atoms with E-state index in [1.54, 1.807) is 0 Å². The molecule has 1 saturated heterocycles. The molecule has 0 spiro atoms. The molecular weight excluding hydrogens is 260 g/mol. The van der Waals surface area contributed by atoms with Crippen LogP contribution in [0.3, 0.4) is 0 Å². The molecule has 0 bridgehead atoms. The second kappa shape index (κ2) is 5.49. The van der Waals surface area contributed by atoms with Crippen LogP contribution in [0.1, 0.15) is 5.69 Å². The maximum absolute atomic E-state index is 5.97. The molecule has 1 aliphatic heterocycles. The van der Waals surface area contributed by atoms with Crippen molar-refractivity contribution in [1.82, 2.24) is 19.2 Å². The molecule has 102 valence electrons. The molecule has 2 aromatic rings. The van der Waals surface area contributed by atoms with Crippen LogP contribution in [-0.4, -0.2) is 59.0 Å². The van der Waals surface area contributed by atoms with E-state index in [0.717, 1.165) is 42.4 Å². The Morgan fingerprint density at radius 2 is 2.05 bits per heavy atom. The number of halogens is 1. The van der Waals surface area contributed by atoms with Gasteiger partial charge >= 0.3 is 0 Å². The highest BCUT2D eigenvalue weighted by molar-refractivity contribution is 6.30. The van der Waals surface area contributed by atoms with Crippen LogP contribution >= 0.6 is 11.6 Å². The van der Waals surface area contributed by atoms with Crippen LogP contribution < -0.4 is 0 Å². The van der Waals surface area contributed by atoms with Crippen molar-refractivity contribution in [2.24, 2.45) is 0 Å². The lowest BCUT2D eigenvalue weighted by atomic mass is 10.2. The number of likely N-dealkylation sites (N-methyl/N-ethyl adjacent to an activating group) is 1. The van der Waals surface area contributed by atoms with Crippen molar-refractivity contribution in [2.45, 2.75) is 6.42 Å². The van der Waals surface area contributed by atoms with Gasteiger partial charge in [0.2, 0.25) is 0 Å². The topological polar surface area (TPSA) is 23.8 Å². The largest absolute Gasteiger partial charge is 0.307 e. The van der Waals surface area contributed by atoms with Crippen molar-refractivity contribution >= 4 is 17.2 Å². The molecule has 3 heterocycles. The maximum Gasteiger partial charge on any atom is 0.138 e. The molecule has 0 radical (unpaired) electrons. The minimum Gasteiger partial charge on any atom is -0.307 e. The summed E-state index contributed by atoms with van der Waals surface area (Å²) in [6, 6.07) is 3.79. The van der Waals surface area contributed by atoms with E-state index < -0.39 is 0 Å². The Hall–Kier alpha value is -1.10. The predicted octanol–water partition coefficient (Wildman–Crippen LogP) is 1.78. The van der Waals surface area contributed by atoms with Gasteiger partial charge in [0.15, 0.2) is 0 Å². The highest BCUT2D eigenvalue weighted by Crippen LogP contribution is 2.13. The minimum atomic E-state index is 0.740. The van der Waals surface area contributed by atoms with Gasteiger partial charge in [0, 0.05) is 56.6 Å². The molecule has 19 heavy (non-hydrogen) atoms. The van der Waals surface area contributed by atoms with Gasteiger partial charge in [-0.1, -0.05) is 11.6 Å². The van der Waals surface area contributed by atoms with Crippen LogP contribution in [0.15, 0.2) is 24.5 Å². The first-order chi connectivity index (χ1) is 9.20. The van der Waals surface area contributed by atoms with Crippen LogP contribution in [0.2, 0.25) is 5.02 Å². The second-order valence-corrected chi connectivity index (χ2v) is 5.67. The first kappa shape index (κ1) is 12.9. The summed E-state index contributed by atoms with van der Waals surface area (Å²) >= 11 is 5.97. The van der Waals surface area contributed by atoms with E-state index >= 15 is 0 Å². The summed E-state index contributed by atoms with van der Waals surface area (Å²) in [5.41, 5.74) is 2.07. The monoisotopic (exact) mass is 278 g/mol. The third-order valence-electron chi connectivity index (χ3n) is 3.75. The van der Waals surface area contributed by atoms with Crippen LogP contribution in [0.4, 0.5) is 0 Å². The van der Waals surface area contributed by atoms with Gasteiger partial charge in [-0.15, -0.1) is 0 Å². The van der Waals surface area contributed by atoms with Crippen molar-refractivity contribution in [2.75, 3.05) is 39.8 Å². The standard InChI is InChI=1S/C14H19ClN4/c1-17-6-8-18(9-7-17)4-3-13-11-19-5-2-12(15)10-14(19)16-13/h2,5,10-11H,3-4,6-9H2,1H3. The van der Waals surface area contributed by atoms with Gasteiger partial charge in [-0.25, -0.2) is 4.98 Å². The van der Waals surface area contributed by atoms with Gasteiger partial charge in [0.1, 0.15) is 5.65 Å². The van der Waals surface area contributed by atoms with Gasteiger partial charge in [0.05, 0.1) is 5.69 Å². The summed E-state index contributed by atoms with van der Waals surface area (Å²) in [5.74, 6) is 0. The summed E-state index contributed by atoms with van der Waals surface area (Å²) in [6.45, 7) is 5.75. The molecule has 3 rings (SSSR count). The number of nitrogens with zero attached hydrogens (tertiary/aromatic N) is 4. The Balaban J connectivity index is 1.62. The number of imidazole rings is 1. The summed E-state index contributed by atoms with van der Waals surface area (Å²) in [6.07, 6.45) is 5.06. The van der Waals surface area contributed by atoms with Gasteiger partial charge in [-0.3, -0.25) is 0 Å². The molecule has 5 heteroatoms. The van der Waals surface area contributed by atoms with Crippen molar-refractivity contribution in [3.63, 3.8) is 0 Å². The SMILES string of the molecule is CN1CCN(CCc2cn3ccc(Cl)cc3n2)CC1. The number of hydrogen-bond acceptors (Lipinski definition) is 3. The van der Waals surface area contributed by atoms with E-state index in [9.17, 15) is 0 Å². The fourth-order valence-corrected chi connectivity index (χ4v) is 2.63. The summed E-state index contributed by atoms with van der Waals surface area (Å²) in [7, 11) is 2.18.